The molecule has 0 aliphatic rings. The molecule has 2 aromatic heterocycles. The molecule has 9 heteroatoms. The molecule has 0 spiro atoms. The zero-order chi connectivity index (χ0) is 13.0. The Morgan fingerprint density at radius 3 is 3.17 bits per heavy atom. The Balaban J connectivity index is 2.00. The quantitative estimate of drug-likeness (QED) is 0.607. The van der Waals surface area contributed by atoms with Crippen molar-refractivity contribution in [3.05, 3.63) is 20.8 Å². The van der Waals surface area contributed by atoms with E-state index in [1.165, 1.54) is 28.4 Å². The van der Waals surface area contributed by atoms with Gasteiger partial charge in [0.1, 0.15) is 6.54 Å². The minimum absolute atomic E-state index is 0.0252. The van der Waals surface area contributed by atoms with Gasteiger partial charge in [-0.15, -0.1) is 16.4 Å². The molecule has 2 rings (SSSR count). The number of hydrogen-bond donors (Lipinski definition) is 0. The Morgan fingerprint density at radius 2 is 2.50 bits per heavy atom. The third kappa shape index (κ3) is 3.30. The second-order valence-corrected chi connectivity index (χ2v) is 5.97. The molecule has 96 valence electrons. The van der Waals surface area contributed by atoms with Crippen LogP contribution in [0, 0.1) is 0 Å². The SMILES string of the molecule is COC(=O)Cn1nnnc1SCc1sccc1Br. The largest absolute Gasteiger partial charge is 0.468 e. The van der Waals surface area contributed by atoms with Crippen LogP contribution in [-0.4, -0.2) is 33.3 Å². The minimum atomic E-state index is -0.374. The Labute approximate surface area is 120 Å². The number of tetrazole rings is 1. The molecule has 0 saturated heterocycles. The summed E-state index contributed by atoms with van der Waals surface area (Å²) in [7, 11) is 1.34. The van der Waals surface area contributed by atoms with Crippen molar-refractivity contribution in [1.29, 1.82) is 0 Å². The summed E-state index contributed by atoms with van der Waals surface area (Å²) in [5.41, 5.74) is 0. The summed E-state index contributed by atoms with van der Waals surface area (Å²) in [4.78, 5) is 12.4. The first kappa shape index (κ1) is 13.5. The van der Waals surface area contributed by atoms with Crippen LogP contribution in [0.25, 0.3) is 0 Å². The summed E-state index contributed by atoms with van der Waals surface area (Å²) in [5.74, 6) is 0.376. The topological polar surface area (TPSA) is 69.9 Å². The van der Waals surface area contributed by atoms with Gasteiger partial charge in [0.05, 0.1) is 7.11 Å². The van der Waals surface area contributed by atoms with E-state index in [0.29, 0.717) is 5.16 Å². The number of methoxy groups -OCH3 is 1. The Bertz CT molecular complexity index is 542. The van der Waals surface area contributed by atoms with Gasteiger partial charge < -0.3 is 4.74 Å². The molecule has 0 aliphatic carbocycles. The van der Waals surface area contributed by atoms with Gasteiger partial charge >= 0.3 is 5.97 Å². The summed E-state index contributed by atoms with van der Waals surface area (Å²) in [6, 6.07) is 2.00. The van der Waals surface area contributed by atoms with Gasteiger partial charge in [-0.1, -0.05) is 11.8 Å². The molecule has 18 heavy (non-hydrogen) atoms. The first-order valence-electron chi connectivity index (χ1n) is 4.88. The molecular formula is C9H9BrN4O2S2. The lowest BCUT2D eigenvalue weighted by atomic mass is 10.5. The number of carbonyl (C=O) groups is 1. The monoisotopic (exact) mass is 348 g/mol. The number of aromatic nitrogens is 4. The highest BCUT2D eigenvalue weighted by Gasteiger charge is 2.12. The average molecular weight is 349 g/mol. The molecule has 0 unspecified atom stereocenters. The van der Waals surface area contributed by atoms with Crippen LogP contribution >= 0.6 is 39.0 Å². The van der Waals surface area contributed by atoms with Crippen LogP contribution in [-0.2, 0) is 21.8 Å². The smallest absolute Gasteiger partial charge is 0.327 e. The number of ether oxygens (including phenoxy) is 1. The van der Waals surface area contributed by atoms with Crippen molar-refractivity contribution in [2.45, 2.75) is 17.5 Å². The first-order valence-corrected chi connectivity index (χ1v) is 7.54. The third-order valence-electron chi connectivity index (χ3n) is 2.03. The van der Waals surface area contributed by atoms with E-state index in [0.717, 1.165) is 10.2 Å². The van der Waals surface area contributed by atoms with E-state index in [1.807, 2.05) is 11.4 Å². The summed E-state index contributed by atoms with van der Waals surface area (Å²) in [6.07, 6.45) is 0. The second kappa shape index (κ2) is 6.30. The van der Waals surface area contributed by atoms with Crippen molar-refractivity contribution < 1.29 is 9.53 Å². The van der Waals surface area contributed by atoms with Crippen LogP contribution < -0.4 is 0 Å². The van der Waals surface area contributed by atoms with Crippen LogP contribution in [0.15, 0.2) is 21.1 Å². The van der Waals surface area contributed by atoms with Crippen molar-refractivity contribution in [2.75, 3.05) is 7.11 Å². The van der Waals surface area contributed by atoms with Gasteiger partial charge in [-0.2, -0.15) is 0 Å². The molecular weight excluding hydrogens is 340 g/mol. The first-order chi connectivity index (χ1) is 8.70. The lowest BCUT2D eigenvalue weighted by Crippen LogP contribution is -2.13. The van der Waals surface area contributed by atoms with Crippen molar-refractivity contribution in [1.82, 2.24) is 20.2 Å². The fraction of sp³-hybridized carbons (Fsp3) is 0.333. The van der Waals surface area contributed by atoms with Crippen LogP contribution in [0.5, 0.6) is 0 Å². The number of esters is 1. The Morgan fingerprint density at radius 1 is 1.67 bits per heavy atom. The minimum Gasteiger partial charge on any atom is -0.468 e. The molecule has 2 heterocycles. The lowest BCUT2D eigenvalue weighted by Gasteiger charge is -2.02. The van der Waals surface area contributed by atoms with Crippen LogP contribution in [0.4, 0.5) is 0 Å². The van der Waals surface area contributed by atoms with Gasteiger partial charge in [-0.05, 0) is 37.8 Å². The second-order valence-electron chi connectivity index (χ2n) is 3.18. The normalized spacial score (nSPS) is 10.6. The number of carbonyl (C=O) groups excluding carboxylic acids is 1. The number of thioether (sulfide) groups is 1. The predicted molar refractivity (Wildman–Crippen MR) is 71.4 cm³/mol. The molecule has 6 nitrogen and oxygen atoms in total. The highest BCUT2D eigenvalue weighted by molar-refractivity contribution is 9.10. The Kier molecular flexibility index (Phi) is 4.72. The summed E-state index contributed by atoms with van der Waals surface area (Å²) in [5, 5.41) is 13.8. The van der Waals surface area contributed by atoms with E-state index in [4.69, 9.17) is 0 Å². The van der Waals surface area contributed by atoms with Crippen LogP contribution in [0.2, 0.25) is 0 Å². The van der Waals surface area contributed by atoms with E-state index in [9.17, 15) is 4.79 Å². The molecule has 0 fully saturated rings. The van der Waals surface area contributed by atoms with Crippen molar-refractivity contribution in [3.8, 4) is 0 Å². The summed E-state index contributed by atoms with van der Waals surface area (Å²) in [6.45, 7) is 0.0252. The van der Waals surface area contributed by atoms with Gasteiger partial charge in [0.2, 0.25) is 5.16 Å². The molecule has 0 bridgehead atoms. The van der Waals surface area contributed by atoms with Crippen molar-refractivity contribution in [3.63, 3.8) is 0 Å². The molecule has 0 aliphatic heterocycles. The zero-order valence-corrected chi connectivity index (χ0v) is 12.6. The molecule has 0 radical (unpaired) electrons. The maximum Gasteiger partial charge on any atom is 0.327 e. The van der Waals surface area contributed by atoms with E-state index in [2.05, 4.69) is 36.2 Å². The van der Waals surface area contributed by atoms with E-state index in [-0.39, 0.29) is 12.5 Å². The van der Waals surface area contributed by atoms with Gasteiger partial charge in [-0.3, -0.25) is 4.79 Å². The maximum atomic E-state index is 11.2. The summed E-state index contributed by atoms with van der Waals surface area (Å²) >= 11 is 6.60. The molecule has 0 atom stereocenters. The maximum absolute atomic E-state index is 11.2. The molecule has 0 N–H and O–H groups in total. The average Bonchev–Trinajstić information content (AvgIpc) is 2.96. The van der Waals surface area contributed by atoms with E-state index in [1.54, 1.807) is 11.3 Å². The fourth-order valence-electron chi connectivity index (χ4n) is 1.14. The third-order valence-corrected chi connectivity index (χ3v) is 5.12. The fourth-order valence-corrected chi connectivity index (χ4v) is 3.82. The number of nitrogens with zero attached hydrogens (tertiary/aromatic N) is 4. The number of halogens is 1. The molecule has 2 aromatic rings. The number of thiophene rings is 1. The van der Waals surface area contributed by atoms with Gasteiger partial charge in [0, 0.05) is 15.1 Å². The predicted octanol–water partition coefficient (Wildman–Crippen LogP) is 1.96. The zero-order valence-electron chi connectivity index (χ0n) is 9.37. The van der Waals surface area contributed by atoms with Crippen molar-refractivity contribution >= 4 is 45.0 Å². The van der Waals surface area contributed by atoms with Crippen LogP contribution in [0.1, 0.15) is 4.88 Å². The summed E-state index contributed by atoms with van der Waals surface area (Å²) < 4.78 is 7.08. The van der Waals surface area contributed by atoms with E-state index >= 15 is 0 Å². The number of hydrogen-bond acceptors (Lipinski definition) is 7. The lowest BCUT2D eigenvalue weighted by molar-refractivity contribution is -0.141. The van der Waals surface area contributed by atoms with Gasteiger partial charge in [0.25, 0.3) is 0 Å². The highest BCUT2D eigenvalue weighted by Crippen LogP contribution is 2.29. The highest BCUT2D eigenvalue weighted by atomic mass is 79.9. The van der Waals surface area contributed by atoms with Crippen molar-refractivity contribution in [2.24, 2.45) is 0 Å². The van der Waals surface area contributed by atoms with E-state index < -0.39 is 0 Å². The van der Waals surface area contributed by atoms with Crippen LogP contribution in [0.3, 0.4) is 0 Å². The Hall–Kier alpha value is -0.930. The van der Waals surface area contributed by atoms with Gasteiger partial charge in [-0.25, -0.2) is 4.68 Å². The van der Waals surface area contributed by atoms with Gasteiger partial charge in [0.15, 0.2) is 0 Å². The molecule has 0 aromatic carbocycles. The molecule has 0 saturated carbocycles. The number of rotatable bonds is 5. The standard InChI is InChI=1S/C9H9BrN4O2S2/c1-16-8(15)4-14-9(11-12-13-14)18-5-7-6(10)2-3-17-7/h2-3H,4-5H2,1H3. The molecule has 0 amide bonds.